The van der Waals surface area contributed by atoms with E-state index in [9.17, 15) is 14.4 Å². The van der Waals surface area contributed by atoms with Crippen LogP contribution in [0.2, 0.25) is 0 Å². The van der Waals surface area contributed by atoms with Gasteiger partial charge in [0.15, 0.2) is 0 Å². The fourth-order valence-corrected chi connectivity index (χ4v) is 2.92. The average molecular weight is 317 g/mol. The lowest BCUT2D eigenvalue weighted by Crippen LogP contribution is -2.41. The van der Waals surface area contributed by atoms with Crippen molar-refractivity contribution in [2.45, 2.75) is 19.3 Å². The predicted octanol–water partition coefficient (Wildman–Crippen LogP) is -0.492. The van der Waals surface area contributed by atoms with Crippen LogP contribution in [-0.2, 0) is 14.4 Å². The molecule has 0 spiro atoms. The molecule has 0 aliphatic carbocycles. The highest BCUT2D eigenvalue weighted by atomic mass is 32.2. The van der Waals surface area contributed by atoms with Gasteiger partial charge in [-0.05, 0) is 25.9 Å². The molecule has 120 valence electrons. The molecule has 1 fully saturated rings. The van der Waals surface area contributed by atoms with Crippen LogP contribution in [0.5, 0.6) is 0 Å². The Kier molecular flexibility index (Phi) is 8.14. The van der Waals surface area contributed by atoms with E-state index in [1.807, 2.05) is 0 Å². The Morgan fingerprint density at radius 3 is 2.52 bits per heavy atom. The molecule has 0 atom stereocenters. The van der Waals surface area contributed by atoms with Crippen molar-refractivity contribution in [1.29, 1.82) is 0 Å². The molecular formula is C13H23N3O4S. The lowest BCUT2D eigenvalue weighted by Gasteiger charge is -2.29. The minimum atomic E-state index is -0.712. The molecule has 2 amide bonds. The van der Waals surface area contributed by atoms with E-state index in [-0.39, 0.29) is 24.2 Å². The molecule has 1 rings (SSSR count). The number of hydrogen-bond acceptors (Lipinski definition) is 5. The minimum absolute atomic E-state index is 0.0510. The number of carbonyl (C=O) groups is 3. The second-order valence-electron chi connectivity index (χ2n) is 5.07. The number of amides is 2. The number of rotatable bonds is 9. The second-order valence-corrected chi connectivity index (χ2v) is 6.18. The fourth-order valence-electron chi connectivity index (χ4n) is 2.15. The molecule has 0 radical (unpaired) electrons. The van der Waals surface area contributed by atoms with Gasteiger partial charge in [-0.25, -0.2) is 0 Å². The molecule has 4 N–H and O–H groups in total. The van der Waals surface area contributed by atoms with Crippen LogP contribution >= 0.6 is 11.8 Å². The van der Waals surface area contributed by atoms with Crippen molar-refractivity contribution in [3.05, 3.63) is 0 Å². The molecule has 7 nitrogen and oxygen atoms in total. The largest absolute Gasteiger partial charge is 0.481 e. The molecule has 0 saturated carbocycles. The van der Waals surface area contributed by atoms with Gasteiger partial charge in [0.05, 0.1) is 11.7 Å². The van der Waals surface area contributed by atoms with Crippen molar-refractivity contribution in [1.82, 2.24) is 10.2 Å². The summed E-state index contributed by atoms with van der Waals surface area (Å²) in [6.07, 6.45) is 1.63. The van der Waals surface area contributed by atoms with Crippen molar-refractivity contribution >= 4 is 29.5 Å². The highest BCUT2D eigenvalue weighted by Crippen LogP contribution is 2.16. The Hall–Kier alpha value is -1.28. The van der Waals surface area contributed by atoms with Gasteiger partial charge >= 0.3 is 5.97 Å². The second kappa shape index (κ2) is 9.62. The Bertz CT molecular complexity index is 370. The molecule has 1 aliphatic heterocycles. The number of likely N-dealkylation sites (tertiary alicyclic amines) is 1. The van der Waals surface area contributed by atoms with Crippen molar-refractivity contribution in [2.75, 3.05) is 37.7 Å². The van der Waals surface area contributed by atoms with Crippen molar-refractivity contribution in [3.63, 3.8) is 0 Å². The Labute approximate surface area is 128 Å². The van der Waals surface area contributed by atoms with E-state index in [1.165, 1.54) is 11.8 Å². The molecule has 0 aromatic carbocycles. The van der Waals surface area contributed by atoms with Crippen LogP contribution in [0.3, 0.4) is 0 Å². The maximum atomic E-state index is 11.5. The summed E-state index contributed by atoms with van der Waals surface area (Å²) in [4.78, 5) is 35.0. The van der Waals surface area contributed by atoms with E-state index in [0.717, 1.165) is 19.6 Å². The van der Waals surface area contributed by atoms with Gasteiger partial charge in [0.1, 0.15) is 0 Å². The van der Waals surface area contributed by atoms with E-state index in [4.69, 9.17) is 10.8 Å². The number of nitrogens with one attached hydrogen (secondary N) is 1. The van der Waals surface area contributed by atoms with E-state index in [2.05, 4.69) is 10.2 Å². The molecule has 1 saturated heterocycles. The van der Waals surface area contributed by atoms with E-state index >= 15 is 0 Å². The molecular weight excluding hydrogens is 294 g/mol. The van der Waals surface area contributed by atoms with Gasteiger partial charge in [-0.15, -0.1) is 0 Å². The number of aliphatic carboxylic acids is 1. The maximum Gasteiger partial charge on any atom is 0.306 e. The molecule has 21 heavy (non-hydrogen) atoms. The smallest absolute Gasteiger partial charge is 0.306 e. The summed E-state index contributed by atoms with van der Waals surface area (Å²) < 4.78 is 0. The summed E-state index contributed by atoms with van der Waals surface area (Å²) in [6.45, 7) is 2.83. The summed E-state index contributed by atoms with van der Waals surface area (Å²) in [5, 5.41) is 11.7. The number of carboxylic acid groups (broad SMARTS) is 1. The standard InChI is InChI=1S/C13H23N3O4S/c14-11(17)3-8-21-9-12(18)15-4-7-16-5-1-10(2-6-16)13(19)20/h10H,1-9H2,(H2,14,17)(H,15,18)(H,19,20). The Morgan fingerprint density at radius 1 is 1.29 bits per heavy atom. The quantitative estimate of drug-likeness (QED) is 0.495. The molecule has 0 unspecified atom stereocenters. The average Bonchev–Trinajstić information content (AvgIpc) is 2.44. The van der Waals surface area contributed by atoms with Gasteiger partial charge in [0.2, 0.25) is 11.8 Å². The summed E-state index contributed by atoms with van der Waals surface area (Å²) in [6, 6.07) is 0. The third kappa shape index (κ3) is 7.91. The summed E-state index contributed by atoms with van der Waals surface area (Å²) in [7, 11) is 0. The topological polar surface area (TPSA) is 113 Å². The van der Waals surface area contributed by atoms with Crippen LogP contribution in [0.25, 0.3) is 0 Å². The Balaban J connectivity index is 2.02. The highest BCUT2D eigenvalue weighted by Gasteiger charge is 2.23. The molecule has 0 bridgehead atoms. The van der Waals surface area contributed by atoms with Crippen LogP contribution in [0.4, 0.5) is 0 Å². The monoisotopic (exact) mass is 317 g/mol. The predicted molar refractivity (Wildman–Crippen MR) is 80.9 cm³/mol. The molecule has 1 aliphatic rings. The zero-order valence-electron chi connectivity index (χ0n) is 12.0. The van der Waals surface area contributed by atoms with Gasteiger partial charge in [0, 0.05) is 25.3 Å². The van der Waals surface area contributed by atoms with Crippen molar-refractivity contribution in [2.24, 2.45) is 11.7 Å². The van der Waals surface area contributed by atoms with Gasteiger partial charge in [-0.2, -0.15) is 11.8 Å². The van der Waals surface area contributed by atoms with Gasteiger partial charge < -0.3 is 21.1 Å². The molecule has 1 heterocycles. The number of thioether (sulfide) groups is 1. The third-order valence-corrected chi connectivity index (χ3v) is 4.37. The van der Waals surface area contributed by atoms with Crippen LogP contribution in [0.1, 0.15) is 19.3 Å². The van der Waals surface area contributed by atoms with Crippen LogP contribution in [0, 0.1) is 5.92 Å². The minimum Gasteiger partial charge on any atom is -0.481 e. The molecule has 0 aromatic rings. The lowest BCUT2D eigenvalue weighted by molar-refractivity contribution is -0.143. The fraction of sp³-hybridized carbons (Fsp3) is 0.769. The number of nitrogens with two attached hydrogens (primary N) is 1. The number of hydrogen-bond donors (Lipinski definition) is 3. The molecule has 0 aromatic heterocycles. The van der Waals surface area contributed by atoms with Crippen LogP contribution in [-0.4, -0.2) is 65.5 Å². The van der Waals surface area contributed by atoms with Crippen molar-refractivity contribution < 1.29 is 19.5 Å². The highest BCUT2D eigenvalue weighted by molar-refractivity contribution is 7.99. The first-order chi connectivity index (χ1) is 9.99. The SMILES string of the molecule is NC(=O)CCSCC(=O)NCCN1CCC(C(=O)O)CC1. The summed E-state index contributed by atoms with van der Waals surface area (Å²) in [5.74, 6) is -0.453. The number of carbonyl (C=O) groups excluding carboxylic acids is 2. The summed E-state index contributed by atoms with van der Waals surface area (Å²) in [5.41, 5.74) is 5.01. The van der Waals surface area contributed by atoms with E-state index < -0.39 is 5.97 Å². The number of carboxylic acids is 1. The third-order valence-electron chi connectivity index (χ3n) is 3.41. The zero-order valence-corrected chi connectivity index (χ0v) is 12.9. The zero-order chi connectivity index (χ0) is 15.7. The first kappa shape index (κ1) is 17.8. The van der Waals surface area contributed by atoms with Gasteiger partial charge in [0.25, 0.3) is 0 Å². The normalized spacial score (nSPS) is 16.6. The Morgan fingerprint density at radius 2 is 1.95 bits per heavy atom. The summed E-state index contributed by atoms with van der Waals surface area (Å²) >= 11 is 1.39. The first-order valence-corrected chi connectivity index (χ1v) is 8.22. The molecule has 8 heteroatoms. The number of nitrogens with zero attached hydrogens (tertiary/aromatic N) is 1. The van der Waals surface area contributed by atoms with Crippen molar-refractivity contribution in [3.8, 4) is 0 Å². The van der Waals surface area contributed by atoms with E-state index in [1.54, 1.807) is 0 Å². The lowest BCUT2D eigenvalue weighted by atomic mass is 9.97. The van der Waals surface area contributed by atoms with Crippen LogP contribution in [0.15, 0.2) is 0 Å². The number of piperidine rings is 1. The van der Waals surface area contributed by atoms with Gasteiger partial charge in [-0.3, -0.25) is 14.4 Å². The first-order valence-electron chi connectivity index (χ1n) is 7.07. The maximum absolute atomic E-state index is 11.5. The number of primary amides is 1. The van der Waals surface area contributed by atoms with Crippen LogP contribution < -0.4 is 11.1 Å². The van der Waals surface area contributed by atoms with Gasteiger partial charge in [-0.1, -0.05) is 0 Å². The van der Waals surface area contributed by atoms with E-state index in [0.29, 0.717) is 30.9 Å².